The van der Waals surface area contributed by atoms with Crippen molar-refractivity contribution in [3.05, 3.63) is 22.4 Å². The maximum Gasteiger partial charge on any atom is 0.244 e. The molecule has 0 radical (unpaired) electrons. The molecule has 0 aromatic carbocycles. The smallest absolute Gasteiger partial charge is 0.242 e. The minimum Gasteiger partial charge on any atom is -0.242 e. The van der Waals surface area contributed by atoms with Crippen molar-refractivity contribution >= 4 is 33.2 Å². The number of sulfonamides is 1. The van der Waals surface area contributed by atoms with Crippen molar-refractivity contribution in [1.82, 2.24) is 9.29 Å². The summed E-state index contributed by atoms with van der Waals surface area (Å²) in [6.45, 7) is 1.92. The SMILES string of the molecule is CC(C1CC1)N(C)S(=O)(=O)c1cnc(Cl)c(Cl)c1. The fourth-order valence-electron chi connectivity index (χ4n) is 1.81. The number of aromatic nitrogens is 1. The first-order chi connectivity index (χ1) is 8.34. The van der Waals surface area contributed by atoms with Crippen LogP contribution in [0.25, 0.3) is 0 Å². The van der Waals surface area contributed by atoms with Crippen molar-refractivity contribution in [2.75, 3.05) is 7.05 Å². The van der Waals surface area contributed by atoms with Crippen molar-refractivity contribution in [2.45, 2.75) is 30.7 Å². The van der Waals surface area contributed by atoms with Crippen molar-refractivity contribution in [2.24, 2.45) is 5.92 Å². The summed E-state index contributed by atoms with van der Waals surface area (Å²) in [7, 11) is -1.97. The van der Waals surface area contributed by atoms with Crippen molar-refractivity contribution in [3.63, 3.8) is 0 Å². The van der Waals surface area contributed by atoms with Gasteiger partial charge in [0.2, 0.25) is 10.0 Å². The Morgan fingerprint density at radius 1 is 1.44 bits per heavy atom. The summed E-state index contributed by atoms with van der Waals surface area (Å²) in [5.41, 5.74) is 0. The molecule has 0 saturated heterocycles. The summed E-state index contributed by atoms with van der Waals surface area (Å²) in [6.07, 6.45) is 3.40. The monoisotopic (exact) mass is 308 g/mol. The quantitative estimate of drug-likeness (QED) is 0.804. The maximum absolute atomic E-state index is 12.4. The highest BCUT2D eigenvalue weighted by molar-refractivity contribution is 7.89. The van der Waals surface area contributed by atoms with Crippen LogP contribution in [0.4, 0.5) is 0 Å². The van der Waals surface area contributed by atoms with Gasteiger partial charge in [-0.25, -0.2) is 13.4 Å². The zero-order valence-electron chi connectivity index (χ0n) is 10.1. The highest BCUT2D eigenvalue weighted by Gasteiger charge is 2.36. The van der Waals surface area contributed by atoms with Gasteiger partial charge in [0.1, 0.15) is 10.0 Å². The van der Waals surface area contributed by atoms with E-state index in [1.54, 1.807) is 7.05 Å². The molecule has 4 nitrogen and oxygen atoms in total. The third-order valence-electron chi connectivity index (χ3n) is 3.33. The van der Waals surface area contributed by atoms with Crippen LogP contribution in [0.2, 0.25) is 10.2 Å². The first-order valence-corrected chi connectivity index (χ1v) is 7.82. The van der Waals surface area contributed by atoms with E-state index in [1.165, 1.54) is 16.6 Å². The zero-order chi connectivity index (χ0) is 13.5. The first-order valence-electron chi connectivity index (χ1n) is 5.63. The van der Waals surface area contributed by atoms with E-state index in [0.29, 0.717) is 5.92 Å². The van der Waals surface area contributed by atoms with Gasteiger partial charge in [-0.3, -0.25) is 0 Å². The largest absolute Gasteiger partial charge is 0.244 e. The second-order valence-electron chi connectivity index (χ2n) is 4.54. The lowest BCUT2D eigenvalue weighted by molar-refractivity contribution is 0.357. The van der Waals surface area contributed by atoms with E-state index in [9.17, 15) is 8.42 Å². The first kappa shape index (κ1) is 14.1. The van der Waals surface area contributed by atoms with Crippen LogP contribution in [0.5, 0.6) is 0 Å². The molecular weight excluding hydrogens is 295 g/mol. The minimum absolute atomic E-state index is 0.00977. The molecule has 1 aromatic rings. The molecule has 18 heavy (non-hydrogen) atoms. The third kappa shape index (κ3) is 2.64. The van der Waals surface area contributed by atoms with Gasteiger partial charge < -0.3 is 0 Å². The third-order valence-corrected chi connectivity index (χ3v) is 5.92. The van der Waals surface area contributed by atoms with Crippen LogP contribution in [0, 0.1) is 5.92 Å². The van der Waals surface area contributed by atoms with Crippen LogP contribution in [0.1, 0.15) is 19.8 Å². The van der Waals surface area contributed by atoms with Gasteiger partial charge in [0.15, 0.2) is 0 Å². The van der Waals surface area contributed by atoms with Crippen molar-refractivity contribution in [3.8, 4) is 0 Å². The molecule has 0 N–H and O–H groups in total. The fourth-order valence-corrected chi connectivity index (χ4v) is 3.53. The Balaban J connectivity index is 2.31. The Labute approximate surface area is 117 Å². The lowest BCUT2D eigenvalue weighted by Gasteiger charge is -2.24. The van der Waals surface area contributed by atoms with Gasteiger partial charge in [0, 0.05) is 19.3 Å². The summed E-state index contributed by atoms with van der Waals surface area (Å²) in [5.74, 6) is 0.459. The van der Waals surface area contributed by atoms with E-state index >= 15 is 0 Å². The molecule has 1 fully saturated rings. The molecule has 1 unspecified atom stereocenters. The maximum atomic E-state index is 12.4. The summed E-state index contributed by atoms with van der Waals surface area (Å²) >= 11 is 11.5. The van der Waals surface area contributed by atoms with Gasteiger partial charge in [-0.15, -0.1) is 0 Å². The topological polar surface area (TPSA) is 50.3 Å². The molecule has 1 aliphatic rings. The Bertz CT molecular complexity index is 558. The molecule has 1 aliphatic carbocycles. The number of pyridine rings is 1. The number of rotatable bonds is 4. The van der Waals surface area contributed by atoms with Crippen LogP contribution >= 0.6 is 23.2 Å². The number of nitrogens with zero attached hydrogens (tertiary/aromatic N) is 2. The summed E-state index contributed by atoms with van der Waals surface area (Å²) in [4.78, 5) is 3.85. The van der Waals surface area contributed by atoms with Crippen LogP contribution < -0.4 is 0 Å². The van der Waals surface area contributed by atoms with E-state index in [2.05, 4.69) is 4.98 Å². The average Bonchev–Trinajstić information content (AvgIpc) is 3.14. The van der Waals surface area contributed by atoms with Gasteiger partial charge in [0.05, 0.1) is 5.02 Å². The molecule has 0 aliphatic heterocycles. The van der Waals surface area contributed by atoms with E-state index in [1.807, 2.05) is 6.92 Å². The summed E-state index contributed by atoms with van der Waals surface area (Å²) in [5, 5.41) is 0.249. The number of hydrogen-bond donors (Lipinski definition) is 0. The van der Waals surface area contributed by atoms with E-state index in [0.717, 1.165) is 12.8 Å². The van der Waals surface area contributed by atoms with E-state index < -0.39 is 10.0 Å². The lowest BCUT2D eigenvalue weighted by atomic mass is 10.2. The Kier molecular flexibility index (Phi) is 3.88. The van der Waals surface area contributed by atoms with Crippen LogP contribution in [0.3, 0.4) is 0 Å². The molecule has 0 spiro atoms. The molecule has 1 heterocycles. The number of halogens is 2. The average molecular weight is 309 g/mol. The molecule has 7 heteroatoms. The molecule has 0 amide bonds. The predicted octanol–water partition coefficient (Wildman–Crippen LogP) is 2.81. The minimum atomic E-state index is -3.55. The van der Waals surface area contributed by atoms with E-state index in [4.69, 9.17) is 23.2 Å². The molecule has 1 aromatic heterocycles. The molecule has 0 bridgehead atoms. The Morgan fingerprint density at radius 3 is 2.56 bits per heavy atom. The molecule has 2 rings (SSSR count). The highest BCUT2D eigenvalue weighted by Crippen LogP contribution is 2.36. The van der Waals surface area contributed by atoms with Gasteiger partial charge in [0.25, 0.3) is 0 Å². The van der Waals surface area contributed by atoms with Crippen LogP contribution in [0.15, 0.2) is 17.2 Å². The normalized spacial score (nSPS) is 18.1. The van der Waals surface area contributed by atoms with E-state index in [-0.39, 0.29) is 21.1 Å². The molecule has 1 saturated carbocycles. The van der Waals surface area contributed by atoms with Gasteiger partial charge in [-0.05, 0) is 31.7 Å². The van der Waals surface area contributed by atoms with Gasteiger partial charge in [-0.1, -0.05) is 23.2 Å². The Morgan fingerprint density at radius 2 is 2.06 bits per heavy atom. The van der Waals surface area contributed by atoms with Crippen molar-refractivity contribution < 1.29 is 8.42 Å². The number of hydrogen-bond acceptors (Lipinski definition) is 3. The van der Waals surface area contributed by atoms with Gasteiger partial charge in [-0.2, -0.15) is 4.31 Å². The summed E-state index contributed by atoms with van der Waals surface area (Å²) < 4.78 is 26.1. The molecular formula is C11H14Cl2N2O2S. The zero-order valence-corrected chi connectivity index (χ0v) is 12.4. The lowest BCUT2D eigenvalue weighted by Crippen LogP contribution is -2.36. The molecule has 1 atom stereocenters. The second-order valence-corrected chi connectivity index (χ2v) is 7.31. The van der Waals surface area contributed by atoms with Crippen molar-refractivity contribution in [1.29, 1.82) is 0 Å². The predicted molar refractivity (Wildman–Crippen MR) is 71.4 cm³/mol. The molecule has 100 valence electrons. The summed E-state index contributed by atoms with van der Waals surface area (Å²) in [6, 6.07) is 1.33. The van der Waals surface area contributed by atoms with Crippen LogP contribution in [-0.4, -0.2) is 30.8 Å². The Hall–Kier alpha value is -0.360. The highest BCUT2D eigenvalue weighted by atomic mass is 35.5. The van der Waals surface area contributed by atoms with Gasteiger partial charge >= 0.3 is 0 Å². The standard InChI is InChI=1S/C11H14Cl2N2O2S/c1-7(8-3-4-8)15(2)18(16,17)9-5-10(12)11(13)14-6-9/h5-8H,3-4H2,1-2H3. The fraction of sp³-hybridized carbons (Fsp3) is 0.545. The second kappa shape index (κ2) is 4.96. The van der Waals surface area contributed by atoms with Crippen LogP contribution in [-0.2, 0) is 10.0 Å².